The number of aliphatic hydroxyl groups excluding tert-OH is 1. The summed E-state index contributed by atoms with van der Waals surface area (Å²) >= 11 is 0. The van der Waals surface area contributed by atoms with E-state index in [0.717, 1.165) is 16.7 Å². The van der Waals surface area contributed by atoms with E-state index in [0.29, 0.717) is 22.9 Å². The molecular weight excluding hydrogens is 360 g/mol. The van der Waals surface area contributed by atoms with Gasteiger partial charge in [-0.05, 0) is 47.9 Å². The van der Waals surface area contributed by atoms with Crippen LogP contribution in [-0.4, -0.2) is 45.0 Å². The first-order chi connectivity index (χ1) is 13.4. The lowest BCUT2D eigenvalue weighted by Crippen LogP contribution is -2.68. The number of carbonyl (C=O) groups is 1. The number of aryl methyl sites for hydroxylation is 1. The molecule has 0 spiro atoms. The summed E-state index contributed by atoms with van der Waals surface area (Å²) in [4.78, 5) is 12.0. The molecule has 7 heteroatoms. The lowest BCUT2D eigenvalue weighted by Gasteiger charge is -2.12. The first-order valence-electron chi connectivity index (χ1n) is 8.77. The third kappa shape index (κ3) is 5.03. The zero-order valence-electron chi connectivity index (χ0n) is 16.6. The quantitative estimate of drug-likeness (QED) is 0.599. The van der Waals surface area contributed by atoms with Crippen molar-refractivity contribution in [3.8, 4) is 17.2 Å². The maximum atomic E-state index is 12.0. The minimum Gasteiger partial charge on any atom is -0.495 e. The van der Waals surface area contributed by atoms with E-state index in [1.165, 1.54) is 7.11 Å². The Morgan fingerprint density at radius 2 is 1.75 bits per heavy atom. The third-order valence-corrected chi connectivity index (χ3v) is 4.23. The average molecular weight is 387 g/mol. The molecule has 0 aliphatic carbocycles. The van der Waals surface area contributed by atoms with Crippen LogP contribution in [0.4, 0.5) is 5.69 Å². The summed E-state index contributed by atoms with van der Waals surface area (Å²) in [7, 11) is 4.74. The van der Waals surface area contributed by atoms with Crippen LogP contribution in [0.15, 0.2) is 30.3 Å². The smallest absolute Gasteiger partial charge is 0.285 e. The lowest BCUT2D eigenvalue weighted by atomic mass is 10.1. The number of amides is 1. The Bertz CT molecular complexity index is 864. The number of methoxy groups -OCH3 is 3. The van der Waals surface area contributed by atoms with Crippen molar-refractivity contribution < 1.29 is 29.8 Å². The zero-order chi connectivity index (χ0) is 20.7. The number of ether oxygens (including phenoxy) is 3. The van der Waals surface area contributed by atoms with Crippen LogP contribution in [0, 0.1) is 6.92 Å². The SMILES string of the molecule is COc1ccc(/C=C\c2cc(C)c(OC)c(OC)c2)cc1NC(=O)[C@@H]([NH3+])CO. The molecule has 2 aromatic rings. The van der Waals surface area contributed by atoms with Gasteiger partial charge < -0.3 is 30.4 Å². The number of quaternary nitrogens is 1. The van der Waals surface area contributed by atoms with Gasteiger partial charge >= 0.3 is 0 Å². The summed E-state index contributed by atoms with van der Waals surface area (Å²) in [6.07, 6.45) is 3.86. The van der Waals surface area contributed by atoms with Gasteiger partial charge in [0.15, 0.2) is 17.5 Å². The number of hydrogen-bond donors (Lipinski definition) is 3. The second kappa shape index (κ2) is 9.77. The van der Waals surface area contributed by atoms with E-state index in [9.17, 15) is 4.79 Å². The van der Waals surface area contributed by atoms with Crippen LogP contribution >= 0.6 is 0 Å². The van der Waals surface area contributed by atoms with Gasteiger partial charge in [0, 0.05) is 0 Å². The molecule has 0 aliphatic rings. The molecule has 28 heavy (non-hydrogen) atoms. The molecule has 2 rings (SSSR count). The second-order valence-corrected chi connectivity index (χ2v) is 6.24. The van der Waals surface area contributed by atoms with Crippen molar-refractivity contribution in [2.75, 3.05) is 33.3 Å². The predicted octanol–water partition coefficient (Wildman–Crippen LogP) is 1.73. The Kier molecular flexibility index (Phi) is 7.43. The average Bonchev–Trinajstić information content (AvgIpc) is 2.71. The van der Waals surface area contributed by atoms with Crippen LogP contribution in [0.2, 0.25) is 0 Å². The Labute approximate surface area is 164 Å². The van der Waals surface area contributed by atoms with Crippen molar-refractivity contribution in [1.29, 1.82) is 0 Å². The van der Waals surface area contributed by atoms with Gasteiger partial charge in [-0.3, -0.25) is 4.79 Å². The maximum absolute atomic E-state index is 12.0. The van der Waals surface area contributed by atoms with Gasteiger partial charge in [-0.2, -0.15) is 0 Å². The van der Waals surface area contributed by atoms with Gasteiger partial charge in [-0.25, -0.2) is 0 Å². The summed E-state index contributed by atoms with van der Waals surface area (Å²) in [6, 6.07) is 8.59. The molecule has 150 valence electrons. The van der Waals surface area contributed by atoms with E-state index in [1.54, 1.807) is 26.4 Å². The van der Waals surface area contributed by atoms with Crippen LogP contribution in [-0.2, 0) is 4.79 Å². The molecule has 0 saturated heterocycles. The molecule has 5 N–H and O–H groups in total. The van der Waals surface area contributed by atoms with Crippen LogP contribution in [0.5, 0.6) is 17.2 Å². The molecule has 1 atom stereocenters. The highest BCUT2D eigenvalue weighted by atomic mass is 16.5. The van der Waals surface area contributed by atoms with E-state index >= 15 is 0 Å². The Hall–Kier alpha value is -3.03. The van der Waals surface area contributed by atoms with Crippen molar-refractivity contribution in [1.82, 2.24) is 0 Å². The van der Waals surface area contributed by atoms with E-state index in [1.807, 2.05) is 37.3 Å². The highest BCUT2D eigenvalue weighted by Gasteiger charge is 2.17. The van der Waals surface area contributed by atoms with E-state index < -0.39 is 6.04 Å². The van der Waals surface area contributed by atoms with Crippen molar-refractivity contribution in [2.24, 2.45) is 0 Å². The summed E-state index contributed by atoms with van der Waals surface area (Å²) < 4.78 is 16.0. The van der Waals surface area contributed by atoms with E-state index in [2.05, 4.69) is 11.1 Å². The van der Waals surface area contributed by atoms with Crippen molar-refractivity contribution in [3.05, 3.63) is 47.0 Å². The molecule has 0 unspecified atom stereocenters. The summed E-state index contributed by atoms with van der Waals surface area (Å²) in [6.45, 7) is 1.63. The minimum atomic E-state index is -0.751. The van der Waals surface area contributed by atoms with E-state index in [4.69, 9.17) is 19.3 Å². The van der Waals surface area contributed by atoms with Crippen LogP contribution < -0.4 is 25.3 Å². The minimum absolute atomic E-state index is 0.327. The van der Waals surface area contributed by atoms with Gasteiger partial charge in [0.2, 0.25) is 0 Å². The van der Waals surface area contributed by atoms with Gasteiger partial charge in [0.1, 0.15) is 12.4 Å². The largest absolute Gasteiger partial charge is 0.495 e. The molecule has 0 aliphatic heterocycles. The summed E-state index contributed by atoms with van der Waals surface area (Å²) in [5, 5.41) is 11.8. The normalized spacial score (nSPS) is 11.9. The fourth-order valence-electron chi connectivity index (χ4n) is 2.71. The number of hydrogen-bond acceptors (Lipinski definition) is 5. The van der Waals surface area contributed by atoms with Crippen LogP contribution in [0.25, 0.3) is 12.2 Å². The second-order valence-electron chi connectivity index (χ2n) is 6.24. The van der Waals surface area contributed by atoms with Gasteiger partial charge in [-0.1, -0.05) is 18.2 Å². The highest BCUT2D eigenvalue weighted by molar-refractivity contribution is 5.95. The molecular formula is C21H27N2O5+. The molecule has 0 aromatic heterocycles. The summed E-state index contributed by atoms with van der Waals surface area (Å²) in [5.41, 5.74) is 6.91. The molecule has 0 bridgehead atoms. The number of rotatable bonds is 8. The van der Waals surface area contributed by atoms with Crippen LogP contribution in [0.1, 0.15) is 16.7 Å². The van der Waals surface area contributed by atoms with Gasteiger partial charge in [0.05, 0.1) is 27.0 Å². The standard InChI is InChI=1S/C21H26N2O5/c1-13-9-15(11-19(27-3)20(13)28-4)6-5-14-7-8-18(26-2)17(10-14)23-21(25)16(22)12-24/h5-11,16,24H,12,22H2,1-4H3,(H,23,25)/p+1/b6-5-/t16-/m0/s1. The van der Waals surface area contributed by atoms with Crippen molar-refractivity contribution >= 4 is 23.7 Å². The zero-order valence-corrected chi connectivity index (χ0v) is 16.6. The van der Waals surface area contributed by atoms with Crippen molar-refractivity contribution in [3.63, 3.8) is 0 Å². The van der Waals surface area contributed by atoms with Crippen LogP contribution in [0.3, 0.4) is 0 Å². The molecule has 7 nitrogen and oxygen atoms in total. The van der Waals surface area contributed by atoms with E-state index in [-0.39, 0.29) is 12.5 Å². The maximum Gasteiger partial charge on any atom is 0.285 e. The molecule has 0 heterocycles. The highest BCUT2D eigenvalue weighted by Crippen LogP contribution is 2.33. The summed E-state index contributed by atoms with van der Waals surface area (Å²) in [5.74, 6) is 1.52. The molecule has 0 fully saturated rings. The number of nitrogens with one attached hydrogen (secondary N) is 1. The van der Waals surface area contributed by atoms with Gasteiger partial charge in [-0.15, -0.1) is 0 Å². The monoisotopic (exact) mass is 387 g/mol. The lowest BCUT2D eigenvalue weighted by molar-refractivity contribution is -0.407. The Morgan fingerprint density at radius 3 is 2.36 bits per heavy atom. The first-order valence-corrected chi connectivity index (χ1v) is 8.77. The topological polar surface area (TPSA) is 105 Å². The fourth-order valence-corrected chi connectivity index (χ4v) is 2.71. The first kappa shape index (κ1) is 21.3. The molecule has 0 saturated carbocycles. The molecule has 0 radical (unpaired) electrons. The number of anilines is 1. The van der Waals surface area contributed by atoms with Gasteiger partial charge in [0.25, 0.3) is 5.91 Å². The number of benzene rings is 2. The molecule has 2 aromatic carbocycles. The van der Waals surface area contributed by atoms with Crippen molar-refractivity contribution in [2.45, 2.75) is 13.0 Å². The predicted molar refractivity (Wildman–Crippen MR) is 109 cm³/mol. The Morgan fingerprint density at radius 1 is 1.07 bits per heavy atom. The third-order valence-electron chi connectivity index (χ3n) is 4.23. The number of aliphatic hydroxyl groups is 1. The number of carbonyl (C=O) groups excluding carboxylic acids is 1. The fraction of sp³-hybridized carbons (Fsp3) is 0.286. The Balaban J connectivity index is 2.30. The molecule has 1 amide bonds.